The van der Waals surface area contributed by atoms with E-state index >= 15 is 0 Å². The lowest BCUT2D eigenvalue weighted by molar-refractivity contribution is 0.109. The zero-order chi connectivity index (χ0) is 11.0. The number of rotatable bonds is 2. The van der Waals surface area contributed by atoms with Gasteiger partial charge in [-0.25, -0.2) is 0 Å². The molecule has 3 rings (SSSR count). The Bertz CT molecular complexity index is 487. The maximum absolute atomic E-state index is 5.54. The van der Waals surface area contributed by atoms with Crippen molar-refractivity contribution >= 4 is 11.3 Å². The van der Waals surface area contributed by atoms with Crippen molar-refractivity contribution in [3.63, 3.8) is 0 Å². The Balaban J connectivity index is 2.15. The molecule has 2 aromatic heterocycles. The molecule has 1 aliphatic heterocycles. The van der Waals surface area contributed by atoms with Crippen molar-refractivity contribution in [2.45, 2.75) is 26.5 Å². The lowest BCUT2D eigenvalue weighted by Gasteiger charge is -2.14. The Morgan fingerprint density at radius 2 is 2.50 bits per heavy atom. The van der Waals surface area contributed by atoms with Crippen molar-refractivity contribution in [3.05, 3.63) is 28.8 Å². The first-order chi connectivity index (χ1) is 7.90. The second-order valence-corrected chi connectivity index (χ2v) is 4.82. The number of hydrogen-bond acceptors (Lipinski definition) is 3. The fourth-order valence-corrected chi connectivity index (χ4v) is 2.92. The van der Waals surface area contributed by atoms with Crippen LogP contribution in [0.1, 0.15) is 18.2 Å². The summed E-state index contributed by atoms with van der Waals surface area (Å²) in [5, 5.41) is 6.79. The van der Waals surface area contributed by atoms with Crippen LogP contribution in [0.4, 0.5) is 0 Å². The molecule has 0 saturated heterocycles. The molecule has 3 nitrogen and oxygen atoms in total. The summed E-state index contributed by atoms with van der Waals surface area (Å²) in [5.41, 5.74) is 3.76. The fraction of sp³-hybridized carbons (Fsp3) is 0.417. The molecule has 0 atom stereocenters. The molecular formula is C12H14N2OS. The van der Waals surface area contributed by atoms with Crippen LogP contribution in [0.25, 0.3) is 10.6 Å². The second-order valence-electron chi connectivity index (χ2n) is 3.87. The summed E-state index contributed by atoms with van der Waals surface area (Å²) in [7, 11) is 0. The molecule has 4 heteroatoms. The number of fused-ring (bicyclic) bond motifs is 1. The first-order valence-electron chi connectivity index (χ1n) is 5.60. The molecule has 0 saturated carbocycles. The van der Waals surface area contributed by atoms with Gasteiger partial charge in [0.05, 0.1) is 18.1 Å². The molecule has 2 aromatic rings. The van der Waals surface area contributed by atoms with Crippen LogP contribution in [-0.4, -0.2) is 16.4 Å². The molecule has 0 radical (unpaired) electrons. The Hall–Kier alpha value is -1.13. The fourth-order valence-electron chi connectivity index (χ4n) is 2.18. The third kappa shape index (κ3) is 1.49. The minimum atomic E-state index is 0.711. The van der Waals surface area contributed by atoms with E-state index in [0.717, 1.165) is 25.3 Å². The highest BCUT2D eigenvalue weighted by molar-refractivity contribution is 7.13. The molecular weight excluding hydrogens is 220 g/mol. The highest BCUT2D eigenvalue weighted by Gasteiger charge is 2.21. The van der Waals surface area contributed by atoms with E-state index in [1.165, 1.54) is 16.1 Å². The van der Waals surface area contributed by atoms with E-state index < -0.39 is 0 Å². The van der Waals surface area contributed by atoms with E-state index in [9.17, 15) is 0 Å². The van der Waals surface area contributed by atoms with Crippen molar-refractivity contribution in [1.29, 1.82) is 0 Å². The van der Waals surface area contributed by atoms with Crippen LogP contribution in [0.3, 0.4) is 0 Å². The molecule has 0 unspecified atom stereocenters. The monoisotopic (exact) mass is 234 g/mol. The molecule has 0 aromatic carbocycles. The van der Waals surface area contributed by atoms with Gasteiger partial charge in [0.25, 0.3) is 0 Å². The van der Waals surface area contributed by atoms with Crippen LogP contribution < -0.4 is 0 Å². The summed E-state index contributed by atoms with van der Waals surface area (Å²) in [6, 6.07) is 4.20. The Morgan fingerprint density at radius 1 is 1.56 bits per heavy atom. The van der Waals surface area contributed by atoms with Gasteiger partial charge in [-0.1, -0.05) is 6.07 Å². The number of thiophene rings is 1. The van der Waals surface area contributed by atoms with Crippen LogP contribution in [-0.2, 0) is 24.3 Å². The average molecular weight is 234 g/mol. The number of aryl methyl sites for hydroxylation is 1. The average Bonchev–Trinajstić information content (AvgIpc) is 2.95. The predicted molar refractivity (Wildman–Crippen MR) is 64.6 cm³/mol. The molecule has 0 amide bonds. The van der Waals surface area contributed by atoms with E-state index in [-0.39, 0.29) is 0 Å². The summed E-state index contributed by atoms with van der Waals surface area (Å²) in [5.74, 6) is 0. The van der Waals surface area contributed by atoms with Gasteiger partial charge in [0.1, 0.15) is 5.69 Å². The van der Waals surface area contributed by atoms with Gasteiger partial charge in [-0.15, -0.1) is 11.3 Å². The predicted octanol–water partition coefficient (Wildman–Crippen LogP) is 2.70. The van der Waals surface area contributed by atoms with Crippen LogP contribution in [0, 0.1) is 0 Å². The summed E-state index contributed by atoms with van der Waals surface area (Å²) in [6.07, 6.45) is 0.988. The minimum Gasteiger partial charge on any atom is -0.376 e. The van der Waals surface area contributed by atoms with Crippen molar-refractivity contribution in [2.24, 2.45) is 0 Å². The van der Waals surface area contributed by atoms with Crippen molar-refractivity contribution in [2.75, 3.05) is 6.61 Å². The van der Waals surface area contributed by atoms with Gasteiger partial charge < -0.3 is 4.74 Å². The van der Waals surface area contributed by atoms with E-state index in [2.05, 4.69) is 29.1 Å². The largest absolute Gasteiger partial charge is 0.376 e. The Labute approximate surface area is 98.7 Å². The van der Waals surface area contributed by atoms with Gasteiger partial charge in [0.2, 0.25) is 0 Å². The lowest BCUT2D eigenvalue weighted by Crippen LogP contribution is -2.13. The normalized spacial score (nSPS) is 15.1. The highest BCUT2D eigenvalue weighted by Crippen LogP contribution is 2.31. The molecule has 3 heterocycles. The first-order valence-corrected chi connectivity index (χ1v) is 6.48. The number of hydrogen-bond donors (Lipinski definition) is 0. The van der Waals surface area contributed by atoms with E-state index in [0.29, 0.717) is 6.61 Å². The van der Waals surface area contributed by atoms with E-state index in [1.807, 2.05) is 0 Å². The maximum atomic E-state index is 5.54. The van der Waals surface area contributed by atoms with Gasteiger partial charge in [-0.3, -0.25) is 4.68 Å². The van der Waals surface area contributed by atoms with Crippen molar-refractivity contribution < 1.29 is 4.74 Å². The molecule has 84 valence electrons. The van der Waals surface area contributed by atoms with E-state index in [1.54, 1.807) is 11.3 Å². The van der Waals surface area contributed by atoms with Gasteiger partial charge in [0, 0.05) is 24.2 Å². The minimum absolute atomic E-state index is 0.711. The third-order valence-corrected chi connectivity index (χ3v) is 3.83. The number of nitrogens with zero attached hydrogens (tertiary/aromatic N) is 2. The summed E-state index contributed by atoms with van der Waals surface area (Å²) < 4.78 is 7.66. The van der Waals surface area contributed by atoms with Crippen molar-refractivity contribution in [3.8, 4) is 10.6 Å². The standard InChI is InChI=1S/C12H14N2OS/c1-2-14-10-5-6-15-8-9(10)12(13-14)11-4-3-7-16-11/h3-4,7H,2,5-6,8H2,1H3. The van der Waals surface area contributed by atoms with Crippen LogP contribution in [0.2, 0.25) is 0 Å². The molecule has 1 aliphatic rings. The molecule has 0 N–H and O–H groups in total. The van der Waals surface area contributed by atoms with Crippen LogP contribution in [0.5, 0.6) is 0 Å². The zero-order valence-electron chi connectivity index (χ0n) is 9.27. The quantitative estimate of drug-likeness (QED) is 0.799. The zero-order valence-corrected chi connectivity index (χ0v) is 10.1. The Kier molecular flexibility index (Phi) is 2.53. The summed E-state index contributed by atoms with van der Waals surface area (Å²) >= 11 is 1.74. The van der Waals surface area contributed by atoms with Gasteiger partial charge in [-0.2, -0.15) is 5.10 Å². The van der Waals surface area contributed by atoms with Crippen LogP contribution in [0.15, 0.2) is 17.5 Å². The molecule has 0 spiro atoms. The molecule has 0 bridgehead atoms. The lowest BCUT2D eigenvalue weighted by atomic mass is 10.1. The second kappa shape index (κ2) is 4.03. The third-order valence-electron chi connectivity index (χ3n) is 2.95. The van der Waals surface area contributed by atoms with Crippen LogP contribution >= 0.6 is 11.3 Å². The SMILES string of the molecule is CCn1nc(-c2cccs2)c2c1CCOC2. The smallest absolute Gasteiger partial charge is 0.108 e. The van der Waals surface area contributed by atoms with E-state index in [4.69, 9.17) is 9.84 Å². The Morgan fingerprint density at radius 3 is 3.25 bits per heavy atom. The first kappa shape index (κ1) is 10.1. The topological polar surface area (TPSA) is 27.1 Å². The summed E-state index contributed by atoms with van der Waals surface area (Å²) in [6.45, 7) is 4.61. The summed E-state index contributed by atoms with van der Waals surface area (Å²) in [4.78, 5) is 1.24. The number of aromatic nitrogens is 2. The van der Waals surface area contributed by atoms with Gasteiger partial charge in [-0.05, 0) is 18.4 Å². The highest BCUT2D eigenvalue weighted by atomic mass is 32.1. The van der Waals surface area contributed by atoms with Gasteiger partial charge >= 0.3 is 0 Å². The number of ether oxygens (including phenoxy) is 1. The van der Waals surface area contributed by atoms with Gasteiger partial charge in [0.15, 0.2) is 0 Å². The molecule has 0 fully saturated rings. The molecule has 0 aliphatic carbocycles. The van der Waals surface area contributed by atoms with Crippen molar-refractivity contribution in [1.82, 2.24) is 9.78 Å². The maximum Gasteiger partial charge on any atom is 0.108 e. The molecule has 16 heavy (non-hydrogen) atoms.